The molecule has 36 heavy (non-hydrogen) atoms. The van der Waals surface area contributed by atoms with Crippen LogP contribution in [-0.4, -0.2) is 14.0 Å². The third-order valence-electron chi connectivity index (χ3n) is 7.20. The van der Waals surface area contributed by atoms with Gasteiger partial charge in [-0.05, 0) is 66.6 Å². The number of imidazole rings is 1. The van der Waals surface area contributed by atoms with Crippen LogP contribution < -0.4 is 0 Å². The second-order valence-electron chi connectivity index (χ2n) is 9.40. The van der Waals surface area contributed by atoms with E-state index in [1.807, 2.05) is 0 Å². The fourth-order valence-corrected chi connectivity index (χ4v) is 6.79. The van der Waals surface area contributed by atoms with Crippen LogP contribution in [0.15, 0.2) is 109 Å². The number of para-hydroxylation sites is 3. The van der Waals surface area contributed by atoms with E-state index in [1.54, 1.807) is 11.3 Å². The van der Waals surface area contributed by atoms with Gasteiger partial charge in [0.15, 0.2) is 4.96 Å². The molecule has 3 heterocycles. The predicted molar refractivity (Wildman–Crippen MR) is 153 cm³/mol. The zero-order chi connectivity index (χ0) is 23.8. The number of hydrogen-bond acceptors (Lipinski definition) is 2. The van der Waals surface area contributed by atoms with Crippen molar-refractivity contribution in [2.75, 3.05) is 0 Å². The Balaban J connectivity index is 1.41. The molecule has 8 rings (SSSR count). The van der Waals surface area contributed by atoms with E-state index < -0.39 is 0 Å². The number of benzene rings is 5. The summed E-state index contributed by atoms with van der Waals surface area (Å²) in [5.41, 5.74) is 10.8. The second kappa shape index (κ2) is 7.30. The number of thiazole rings is 1. The van der Waals surface area contributed by atoms with Gasteiger partial charge in [0.05, 0.1) is 32.3 Å². The molecule has 0 saturated carbocycles. The minimum atomic E-state index is 1.04. The average molecular weight is 480 g/mol. The molecule has 0 atom stereocenters. The van der Waals surface area contributed by atoms with Crippen LogP contribution in [0.4, 0.5) is 0 Å². The molecule has 0 aliphatic heterocycles. The van der Waals surface area contributed by atoms with Gasteiger partial charge in [0.2, 0.25) is 0 Å². The first-order valence-electron chi connectivity index (χ1n) is 12.2. The molecule has 0 amide bonds. The normalized spacial score (nSPS) is 12.0. The van der Waals surface area contributed by atoms with Crippen LogP contribution in [-0.2, 0) is 0 Å². The maximum atomic E-state index is 4.90. The first kappa shape index (κ1) is 19.8. The van der Waals surface area contributed by atoms with E-state index in [0.717, 1.165) is 16.0 Å². The summed E-state index contributed by atoms with van der Waals surface area (Å²) in [6.07, 6.45) is 0. The third kappa shape index (κ3) is 2.70. The van der Waals surface area contributed by atoms with Gasteiger partial charge in [-0.2, -0.15) is 0 Å². The number of rotatable bonds is 2. The van der Waals surface area contributed by atoms with Gasteiger partial charge in [-0.25, -0.2) is 4.98 Å². The average Bonchev–Trinajstić information content (AvgIpc) is 3.56. The largest absolute Gasteiger partial charge is 0.309 e. The molecule has 8 aromatic rings. The Labute approximate surface area is 211 Å². The first-order chi connectivity index (χ1) is 17.8. The van der Waals surface area contributed by atoms with Crippen LogP contribution in [0.2, 0.25) is 0 Å². The molecular weight excluding hydrogens is 458 g/mol. The first-order valence-corrected chi connectivity index (χ1v) is 13.0. The molecule has 0 aliphatic carbocycles. The Kier molecular flexibility index (Phi) is 4.02. The van der Waals surface area contributed by atoms with Gasteiger partial charge >= 0.3 is 0 Å². The molecule has 0 fully saturated rings. The lowest BCUT2D eigenvalue weighted by atomic mass is 10.0. The summed E-state index contributed by atoms with van der Waals surface area (Å²) in [6.45, 7) is 2.15. The lowest BCUT2D eigenvalue weighted by Gasteiger charge is -2.09. The highest BCUT2D eigenvalue weighted by Crippen LogP contribution is 2.40. The van der Waals surface area contributed by atoms with E-state index in [2.05, 4.69) is 125 Å². The summed E-state index contributed by atoms with van der Waals surface area (Å²) in [4.78, 5) is 5.94. The quantitative estimate of drug-likeness (QED) is 0.243. The maximum Gasteiger partial charge on any atom is 0.195 e. The lowest BCUT2D eigenvalue weighted by molar-refractivity contribution is 1.17. The van der Waals surface area contributed by atoms with E-state index in [-0.39, 0.29) is 0 Å². The molecule has 0 N–H and O–H groups in total. The molecule has 3 aromatic heterocycles. The highest BCUT2D eigenvalue weighted by atomic mass is 32.1. The van der Waals surface area contributed by atoms with Crippen molar-refractivity contribution in [2.24, 2.45) is 0 Å². The Morgan fingerprint density at radius 3 is 2.33 bits per heavy atom. The van der Waals surface area contributed by atoms with Gasteiger partial charge < -0.3 is 4.57 Å². The van der Waals surface area contributed by atoms with Gasteiger partial charge in [0, 0.05) is 22.0 Å². The molecule has 0 unspecified atom stereocenters. The highest BCUT2D eigenvalue weighted by Gasteiger charge is 2.17. The zero-order valence-electron chi connectivity index (χ0n) is 19.6. The van der Waals surface area contributed by atoms with Crippen LogP contribution in [0.1, 0.15) is 5.56 Å². The van der Waals surface area contributed by atoms with Gasteiger partial charge in [-0.15, -0.1) is 0 Å². The van der Waals surface area contributed by atoms with Crippen molar-refractivity contribution < 1.29 is 0 Å². The summed E-state index contributed by atoms with van der Waals surface area (Å²) < 4.78 is 5.95. The Morgan fingerprint density at radius 2 is 1.42 bits per heavy atom. The van der Waals surface area contributed by atoms with E-state index in [4.69, 9.17) is 4.98 Å². The van der Waals surface area contributed by atoms with Crippen LogP contribution in [0.3, 0.4) is 0 Å². The molecule has 5 aromatic carbocycles. The molecule has 0 aliphatic rings. The van der Waals surface area contributed by atoms with Crippen molar-refractivity contribution in [2.45, 2.75) is 6.92 Å². The number of fused-ring (bicyclic) bond motifs is 8. The lowest BCUT2D eigenvalue weighted by Crippen LogP contribution is -1.94. The molecule has 4 heteroatoms. The summed E-state index contributed by atoms with van der Waals surface area (Å²) >= 11 is 1.77. The molecular formula is C32H21N3S. The standard InChI is InChI=1S/C32H21N3S/c1-20-8-6-9-22(18-20)34-27-13-4-2-10-24(27)25-19-21(16-17-28(25)34)23-11-7-15-30-31(23)36-32-33-26-12-3-5-14-29(26)35(30)32/h2-19H,1H3. The number of hydrogen-bond donors (Lipinski definition) is 0. The van der Waals surface area contributed by atoms with Gasteiger partial charge in [0.25, 0.3) is 0 Å². The van der Waals surface area contributed by atoms with Crippen molar-refractivity contribution in [1.82, 2.24) is 14.0 Å². The van der Waals surface area contributed by atoms with Crippen LogP contribution in [0, 0.1) is 6.92 Å². The molecule has 170 valence electrons. The zero-order valence-corrected chi connectivity index (χ0v) is 20.5. The smallest absolute Gasteiger partial charge is 0.195 e. The Hall–Kier alpha value is -4.41. The number of aryl methyl sites for hydroxylation is 1. The van der Waals surface area contributed by atoms with Crippen LogP contribution in [0.5, 0.6) is 0 Å². The summed E-state index contributed by atoms with van der Waals surface area (Å²) in [5.74, 6) is 0. The van der Waals surface area contributed by atoms with Crippen LogP contribution in [0.25, 0.3) is 64.8 Å². The third-order valence-corrected chi connectivity index (χ3v) is 8.29. The van der Waals surface area contributed by atoms with E-state index >= 15 is 0 Å². The predicted octanol–water partition coefficient (Wildman–Crippen LogP) is 8.77. The van der Waals surface area contributed by atoms with Gasteiger partial charge in [-0.3, -0.25) is 4.40 Å². The minimum absolute atomic E-state index is 1.04. The number of aromatic nitrogens is 3. The molecule has 3 nitrogen and oxygen atoms in total. The topological polar surface area (TPSA) is 22.2 Å². The monoisotopic (exact) mass is 479 g/mol. The van der Waals surface area contributed by atoms with Crippen molar-refractivity contribution in [1.29, 1.82) is 0 Å². The van der Waals surface area contributed by atoms with Crippen molar-refractivity contribution in [3.05, 3.63) is 115 Å². The van der Waals surface area contributed by atoms with Crippen molar-refractivity contribution in [3.8, 4) is 16.8 Å². The Bertz CT molecular complexity index is 2120. The van der Waals surface area contributed by atoms with E-state index in [1.165, 1.54) is 54.4 Å². The van der Waals surface area contributed by atoms with Crippen molar-refractivity contribution >= 4 is 59.4 Å². The van der Waals surface area contributed by atoms with Crippen molar-refractivity contribution in [3.63, 3.8) is 0 Å². The second-order valence-corrected chi connectivity index (χ2v) is 10.4. The molecule has 0 radical (unpaired) electrons. The van der Waals surface area contributed by atoms with Gasteiger partial charge in [0.1, 0.15) is 0 Å². The van der Waals surface area contributed by atoms with Crippen LogP contribution >= 0.6 is 11.3 Å². The molecule has 0 bridgehead atoms. The fourth-order valence-electron chi connectivity index (χ4n) is 5.62. The maximum absolute atomic E-state index is 4.90. The summed E-state index contributed by atoms with van der Waals surface area (Å²) in [7, 11) is 0. The highest BCUT2D eigenvalue weighted by molar-refractivity contribution is 7.24. The minimum Gasteiger partial charge on any atom is -0.309 e. The summed E-state index contributed by atoms with van der Waals surface area (Å²) in [5, 5.41) is 2.54. The Morgan fingerprint density at radius 1 is 0.639 bits per heavy atom. The SMILES string of the molecule is Cc1cccc(-n2c3ccccc3c3cc(-c4cccc5c4sc4nc6ccccc6n45)ccc32)c1. The molecule has 0 saturated heterocycles. The van der Waals surface area contributed by atoms with E-state index in [0.29, 0.717) is 0 Å². The molecule has 0 spiro atoms. The summed E-state index contributed by atoms with van der Waals surface area (Å²) in [6, 6.07) is 39.3. The van der Waals surface area contributed by atoms with E-state index in [9.17, 15) is 0 Å². The fraction of sp³-hybridized carbons (Fsp3) is 0.0312. The number of nitrogens with zero attached hydrogens (tertiary/aromatic N) is 3. The van der Waals surface area contributed by atoms with Gasteiger partial charge in [-0.1, -0.05) is 72.0 Å².